The van der Waals surface area contributed by atoms with Crippen molar-refractivity contribution in [1.82, 2.24) is 9.29 Å². The second-order valence-corrected chi connectivity index (χ2v) is 10.2. The van der Waals surface area contributed by atoms with E-state index < -0.39 is 15.9 Å². The molecule has 1 amide bonds. The monoisotopic (exact) mass is 447 g/mol. The molecule has 1 unspecified atom stereocenters. The number of thiazole rings is 1. The summed E-state index contributed by atoms with van der Waals surface area (Å²) < 4.78 is 41.6. The zero-order chi connectivity index (χ0) is 21.3. The van der Waals surface area contributed by atoms with Crippen molar-refractivity contribution >= 4 is 42.6 Å². The van der Waals surface area contributed by atoms with Crippen molar-refractivity contribution in [3.05, 3.63) is 53.8 Å². The number of halogens is 1. The number of nitrogens with zero attached hydrogens (tertiary/aromatic N) is 2. The number of carbonyl (C=O) groups is 1. The standard InChI is InChI=1S/C21H22FN3O3S2/c1-2-16-5-3-4-12-25(16)30(27,28)17-9-6-14(7-10-17)20(26)24-21-23-18-11-8-15(22)13-19(18)29-21/h6-11,13,16H,2-5,12H2,1H3,(H,23,24,26). The summed E-state index contributed by atoms with van der Waals surface area (Å²) in [6.45, 7) is 2.53. The number of rotatable bonds is 5. The molecule has 2 aromatic carbocycles. The van der Waals surface area contributed by atoms with Crippen molar-refractivity contribution in [3.8, 4) is 0 Å². The molecule has 6 nitrogen and oxygen atoms in total. The van der Waals surface area contributed by atoms with Gasteiger partial charge in [-0.2, -0.15) is 4.31 Å². The molecule has 1 aliphatic rings. The van der Waals surface area contributed by atoms with Crippen LogP contribution in [0.1, 0.15) is 43.0 Å². The Morgan fingerprint density at radius 2 is 2.00 bits per heavy atom. The van der Waals surface area contributed by atoms with E-state index in [0.717, 1.165) is 25.7 Å². The number of benzene rings is 2. The van der Waals surface area contributed by atoms with Gasteiger partial charge in [0.1, 0.15) is 5.82 Å². The Labute approximate surface area is 178 Å². The molecule has 1 aromatic heterocycles. The highest BCUT2D eigenvalue weighted by Crippen LogP contribution is 2.28. The lowest BCUT2D eigenvalue weighted by Crippen LogP contribution is -2.43. The number of anilines is 1. The van der Waals surface area contributed by atoms with Gasteiger partial charge < -0.3 is 0 Å². The molecule has 1 saturated heterocycles. The number of hydrogen-bond acceptors (Lipinski definition) is 5. The van der Waals surface area contributed by atoms with E-state index in [1.807, 2.05) is 6.92 Å². The van der Waals surface area contributed by atoms with Crippen molar-refractivity contribution < 1.29 is 17.6 Å². The van der Waals surface area contributed by atoms with Gasteiger partial charge >= 0.3 is 0 Å². The van der Waals surface area contributed by atoms with Gasteiger partial charge in [0, 0.05) is 18.2 Å². The van der Waals surface area contributed by atoms with E-state index in [1.54, 1.807) is 10.4 Å². The van der Waals surface area contributed by atoms with Crippen molar-refractivity contribution in [1.29, 1.82) is 0 Å². The first kappa shape index (κ1) is 20.9. The molecule has 0 aliphatic carbocycles. The molecule has 1 fully saturated rings. The minimum atomic E-state index is -3.59. The van der Waals surface area contributed by atoms with E-state index in [0.29, 0.717) is 27.5 Å². The number of sulfonamides is 1. The predicted molar refractivity (Wildman–Crippen MR) is 116 cm³/mol. The van der Waals surface area contributed by atoms with Crippen molar-refractivity contribution in [3.63, 3.8) is 0 Å². The number of nitrogens with one attached hydrogen (secondary N) is 1. The first-order valence-corrected chi connectivity index (χ1v) is 12.1. The van der Waals surface area contributed by atoms with Gasteiger partial charge in [-0.3, -0.25) is 10.1 Å². The highest BCUT2D eigenvalue weighted by molar-refractivity contribution is 7.89. The maximum absolute atomic E-state index is 13.3. The lowest BCUT2D eigenvalue weighted by Gasteiger charge is -2.34. The molecule has 4 rings (SSSR count). The molecule has 1 N–H and O–H groups in total. The SMILES string of the molecule is CCC1CCCCN1S(=O)(=O)c1ccc(C(=O)Nc2nc3ccc(F)cc3s2)cc1. The molecule has 0 radical (unpaired) electrons. The molecule has 2 heterocycles. The van der Waals surface area contributed by atoms with Crippen LogP contribution in [0.25, 0.3) is 10.2 Å². The van der Waals surface area contributed by atoms with Gasteiger partial charge in [-0.1, -0.05) is 24.7 Å². The van der Waals surface area contributed by atoms with E-state index >= 15 is 0 Å². The fourth-order valence-electron chi connectivity index (χ4n) is 3.73. The van der Waals surface area contributed by atoms with E-state index in [-0.39, 0.29) is 16.8 Å². The van der Waals surface area contributed by atoms with Crippen LogP contribution >= 0.6 is 11.3 Å². The summed E-state index contributed by atoms with van der Waals surface area (Å²) in [7, 11) is -3.59. The third-order valence-electron chi connectivity index (χ3n) is 5.34. The molecular formula is C21H22FN3O3S2. The second-order valence-electron chi connectivity index (χ2n) is 7.28. The molecule has 0 saturated carbocycles. The Kier molecular flexibility index (Phi) is 5.86. The summed E-state index contributed by atoms with van der Waals surface area (Å²) in [6.07, 6.45) is 3.57. The zero-order valence-electron chi connectivity index (χ0n) is 16.5. The number of amides is 1. The van der Waals surface area contributed by atoms with Gasteiger partial charge in [0.15, 0.2) is 5.13 Å². The van der Waals surface area contributed by atoms with Crippen LogP contribution in [0, 0.1) is 5.82 Å². The van der Waals surface area contributed by atoms with Crippen LogP contribution in [0.5, 0.6) is 0 Å². The van der Waals surface area contributed by atoms with E-state index in [4.69, 9.17) is 0 Å². The third-order valence-corrected chi connectivity index (χ3v) is 8.24. The van der Waals surface area contributed by atoms with E-state index in [2.05, 4.69) is 10.3 Å². The van der Waals surface area contributed by atoms with Crippen molar-refractivity contribution in [2.45, 2.75) is 43.5 Å². The number of piperidine rings is 1. The topological polar surface area (TPSA) is 79.4 Å². The number of fused-ring (bicyclic) bond motifs is 1. The van der Waals surface area contributed by atoms with Crippen LogP contribution in [0.2, 0.25) is 0 Å². The molecule has 1 atom stereocenters. The predicted octanol–water partition coefficient (Wildman–Crippen LogP) is 4.64. The Morgan fingerprint density at radius 3 is 2.73 bits per heavy atom. The van der Waals surface area contributed by atoms with Gasteiger partial charge in [-0.05, 0) is 61.7 Å². The summed E-state index contributed by atoms with van der Waals surface area (Å²) in [5.74, 6) is -0.761. The first-order chi connectivity index (χ1) is 14.4. The van der Waals surface area contributed by atoms with Gasteiger partial charge in [0.2, 0.25) is 10.0 Å². The highest BCUT2D eigenvalue weighted by Gasteiger charge is 2.32. The summed E-state index contributed by atoms with van der Waals surface area (Å²) in [5.41, 5.74) is 0.926. The van der Waals surface area contributed by atoms with Gasteiger partial charge in [0.05, 0.1) is 15.1 Å². The number of hydrogen-bond donors (Lipinski definition) is 1. The first-order valence-electron chi connectivity index (χ1n) is 9.88. The maximum atomic E-state index is 13.3. The zero-order valence-corrected chi connectivity index (χ0v) is 18.1. The van der Waals surface area contributed by atoms with Gasteiger partial charge in [0.25, 0.3) is 5.91 Å². The Bertz CT molecular complexity index is 1180. The van der Waals surface area contributed by atoms with Crippen LogP contribution in [-0.4, -0.2) is 36.2 Å². The molecule has 0 spiro atoms. The maximum Gasteiger partial charge on any atom is 0.257 e. The van der Waals surface area contributed by atoms with Gasteiger partial charge in [-0.15, -0.1) is 0 Å². The van der Waals surface area contributed by atoms with Crippen LogP contribution in [0.3, 0.4) is 0 Å². The van der Waals surface area contributed by atoms with Crippen LogP contribution in [-0.2, 0) is 10.0 Å². The molecule has 0 bridgehead atoms. The second kappa shape index (κ2) is 8.41. The highest BCUT2D eigenvalue weighted by atomic mass is 32.2. The molecule has 30 heavy (non-hydrogen) atoms. The lowest BCUT2D eigenvalue weighted by molar-refractivity contribution is 0.102. The average molecular weight is 448 g/mol. The Balaban J connectivity index is 1.51. The number of carbonyl (C=O) groups excluding carboxylic acids is 1. The summed E-state index contributed by atoms with van der Waals surface area (Å²) >= 11 is 1.18. The molecule has 3 aromatic rings. The largest absolute Gasteiger partial charge is 0.298 e. The Hall–Kier alpha value is -2.36. The fourth-order valence-corrected chi connectivity index (χ4v) is 6.39. The van der Waals surface area contributed by atoms with Crippen LogP contribution < -0.4 is 5.32 Å². The lowest BCUT2D eigenvalue weighted by atomic mass is 10.0. The quantitative estimate of drug-likeness (QED) is 0.618. The molecular weight excluding hydrogens is 425 g/mol. The Morgan fingerprint density at radius 1 is 1.23 bits per heavy atom. The van der Waals surface area contributed by atoms with Crippen molar-refractivity contribution in [2.75, 3.05) is 11.9 Å². The van der Waals surface area contributed by atoms with Crippen LogP contribution in [0.4, 0.5) is 9.52 Å². The smallest absolute Gasteiger partial charge is 0.257 e. The summed E-state index contributed by atoms with van der Waals surface area (Å²) in [5, 5.41) is 3.05. The summed E-state index contributed by atoms with van der Waals surface area (Å²) in [6, 6.07) is 10.2. The summed E-state index contributed by atoms with van der Waals surface area (Å²) in [4.78, 5) is 17.0. The molecule has 9 heteroatoms. The number of aromatic nitrogens is 1. The van der Waals surface area contributed by atoms with E-state index in [1.165, 1.54) is 47.7 Å². The van der Waals surface area contributed by atoms with E-state index in [9.17, 15) is 17.6 Å². The fraction of sp³-hybridized carbons (Fsp3) is 0.333. The molecule has 158 valence electrons. The average Bonchev–Trinajstić information content (AvgIpc) is 3.15. The van der Waals surface area contributed by atoms with Crippen molar-refractivity contribution in [2.24, 2.45) is 0 Å². The normalized spacial score (nSPS) is 17.9. The third kappa shape index (κ3) is 4.10. The molecule has 1 aliphatic heterocycles. The van der Waals surface area contributed by atoms with Crippen LogP contribution in [0.15, 0.2) is 47.4 Å². The van der Waals surface area contributed by atoms with Gasteiger partial charge in [-0.25, -0.2) is 17.8 Å². The minimum Gasteiger partial charge on any atom is -0.298 e. The minimum absolute atomic E-state index is 0.0237.